The number of allylic oxidation sites excluding steroid dienone is 2. The number of hydrogen-bond donors (Lipinski definition) is 0. The summed E-state index contributed by atoms with van der Waals surface area (Å²) < 4.78 is 7.66. The first-order valence-electron chi connectivity index (χ1n) is 20.4. The number of aromatic nitrogens is 2. The lowest BCUT2D eigenvalue weighted by Crippen LogP contribution is -1.98. The molecule has 4 heterocycles. The van der Waals surface area contributed by atoms with Crippen LogP contribution in [0.15, 0.2) is 158 Å². The number of nitrogens with zero attached hydrogens (tertiary/aromatic N) is 2. The SMILES string of the molecule is C1=Cc2c(sc3ccc(-c4ccc5c(c4)c4ccccc4n5-c4cccc(-n5c6ccccc6c6cc(-c7ccc8sc9c(c8c7)C=CCC9)ccc65)c4)cc23)CC1. The van der Waals surface area contributed by atoms with Crippen molar-refractivity contribution >= 4 is 98.6 Å². The average Bonchev–Trinajstić information content (AvgIpc) is 4.03. The summed E-state index contributed by atoms with van der Waals surface area (Å²) in [6.07, 6.45) is 13.9. The third-order valence-corrected chi connectivity index (χ3v) is 15.1. The summed E-state index contributed by atoms with van der Waals surface area (Å²) in [5, 5.41) is 7.83. The third kappa shape index (κ3) is 4.82. The molecule has 0 amide bonds. The average molecular weight is 777 g/mol. The Morgan fingerprint density at radius 2 is 0.793 bits per heavy atom. The molecular formula is C54H36N2S2. The van der Waals surface area contributed by atoms with Crippen molar-refractivity contribution in [2.45, 2.75) is 25.7 Å². The van der Waals surface area contributed by atoms with Crippen LogP contribution in [0.1, 0.15) is 33.7 Å². The van der Waals surface area contributed by atoms with Gasteiger partial charge in [0.15, 0.2) is 0 Å². The number of hydrogen-bond acceptors (Lipinski definition) is 2. The minimum atomic E-state index is 1.14. The quantitative estimate of drug-likeness (QED) is 0.168. The van der Waals surface area contributed by atoms with Gasteiger partial charge in [0.25, 0.3) is 0 Å². The van der Waals surface area contributed by atoms with Gasteiger partial charge in [-0.15, -0.1) is 22.7 Å². The monoisotopic (exact) mass is 776 g/mol. The highest BCUT2D eigenvalue weighted by atomic mass is 32.1. The second-order valence-electron chi connectivity index (χ2n) is 15.9. The summed E-state index contributed by atoms with van der Waals surface area (Å²) in [6, 6.07) is 55.0. The molecule has 11 aromatic rings. The molecule has 0 aliphatic heterocycles. The van der Waals surface area contributed by atoms with Gasteiger partial charge in [0.2, 0.25) is 0 Å². The molecule has 274 valence electrons. The number of thiophene rings is 2. The molecule has 0 bridgehead atoms. The normalized spacial score (nSPS) is 13.8. The van der Waals surface area contributed by atoms with Gasteiger partial charge >= 0.3 is 0 Å². The van der Waals surface area contributed by atoms with Crippen LogP contribution in [0, 0.1) is 0 Å². The van der Waals surface area contributed by atoms with E-state index in [-0.39, 0.29) is 0 Å². The number of fused-ring (bicyclic) bond motifs is 12. The predicted molar refractivity (Wildman–Crippen MR) is 251 cm³/mol. The molecule has 0 unspecified atom stereocenters. The van der Waals surface area contributed by atoms with Gasteiger partial charge in [0.05, 0.1) is 22.1 Å². The Balaban J connectivity index is 0.941. The van der Waals surface area contributed by atoms with Crippen LogP contribution in [0.5, 0.6) is 0 Å². The summed E-state index contributed by atoms with van der Waals surface area (Å²) in [4.78, 5) is 3.03. The molecule has 4 heteroatoms. The number of para-hydroxylation sites is 2. The lowest BCUT2D eigenvalue weighted by Gasteiger charge is -2.13. The molecule has 58 heavy (non-hydrogen) atoms. The maximum absolute atomic E-state index is 2.45. The van der Waals surface area contributed by atoms with Crippen LogP contribution < -0.4 is 0 Å². The summed E-state index contributed by atoms with van der Waals surface area (Å²) in [5.41, 5.74) is 15.0. The molecule has 2 aliphatic carbocycles. The van der Waals surface area contributed by atoms with Crippen LogP contribution in [0.2, 0.25) is 0 Å². The van der Waals surface area contributed by atoms with Crippen LogP contribution in [-0.4, -0.2) is 9.13 Å². The summed E-state index contributed by atoms with van der Waals surface area (Å²) in [6.45, 7) is 0. The second kappa shape index (κ2) is 12.5. The van der Waals surface area contributed by atoms with E-state index in [1.165, 1.54) is 107 Å². The van der Waals surface area contributed by atoms with Crippen LogP contribution in [0.3, 0.4) is 0 Å². The smallest absolute Gasteiger partial charge is 0.0541 e. The highest BCUT2D eigenvalue weighted by Crippen LogP contribution is 2.42. The highest BCUT2D eigenvalue weighted by molar-refractivity contribution is 7.19. The van der Waals surface area contributed by atoms with Crippen molar-refractivity contribution in [3.63, 3.8) is 0 Å². The van der Waals surface area contributed by atoms with E-state index in [0.29, 0.717) is 0 Å². The molecule has 0 radical (unpaired) electrons. The van der Waals surface area contributed by atoms with Crippen molar-refractivity contribution < 1.29 is 0 Å². The molecule has 7 aromatic carbocycles. The Labute approximate surface area is 343 Å². The van der Waals surface area contributed by atoms with Crippen LogP contribution in [0.25, 0.3) is 110 Å². The molecular weight excluding hydrogens is 741 g/mol. The standard InChI is InChI=1S/C54H36N2S2/c1-5-16-47-39(12-1)43-28-33(35-22-26-53-45(30-35)41-14-3-7-18-51(41)57-53)20-24-49(43)55(47)37-10-9-11-38(32-37)56-48-17-6-2-13-40(48)44-29-34(21-25-50(44)56)36-23-27-54-46(31-36)42-15-4-8-19-52(42)58-54/h1-6,9-17,20-32H,7-8,18-19H2. The maximum Gasteiger partial charge on any atom is 0.0541 e. The van der Waals surface area contributed by atoms with Gasteiger partial charge in [-0.1, -0.05) is 91.0 Å². The van der Waals surface area contributed by atoms with Crippen LogP contribution >= 0.6 is 22.7 Å². The molecule has 2 nitrogen and oxygen atoms in total. The van der Waals surface area contributed by atoms with Gasteiger partial charge in [0.1, 0.15) is 0 Å². The second-order valence-corrected chi connectivity index (χ2v) is 18.1. The molecule has 0 saturated heterocycles. The van der Waals surface area contributed by atoms with Crippen LogP contribution in [0.4, 0.5) is 0 Å². The van der Waals surface area contributed by atoms with E-state index >= 15 is 0 Å². The zero-order valence-corrected chi connectivity index (χ0v) is 33.3. The number of rotatable bonds is 4. The van der Waals surface area contributed by atoms with Gasteiger partial charge in [0, 0.05) is 62.8 Å². The van der Waals surface area contributed by atoms with E-state index in [0.717, 1.165) is 37.1 Å². The fourth-order valence-corrected chi connectivity index (χ4v) is 12.3. The highest BCUT2D eigenvalue weighted by Gasteiger charge is 2.19. The lowest BCUT2D eigenvalue weighted by atomic mass is 9.98. The Morgan fingerprint density at radius 1 is 0.362 bits per heavy atom. The van der Waals surface area contributed by atoms with E-state index in [1.54, 1.807) is 0 Å². The molecule has 0 spiro atoms. The molecule has 13 rings (SSSR count). The maximum atomic E-state index is 2.45. The summed E-state index contributed by atoms with van der Waals surface area (Å²) in [7, 11) is 0. The Bertz CT molecular complexity index is 3350. The van der Waals surface area contributed by atoms with Crippen molar-refractivity contribution in [3.05, 3.63) is 179 Å². The van der Waals surface area contributed by atoms with Crippen molar-refractivity contribution in [1.82, 2.24) is 9.13 Å². The van der Waals surface area contributed by atoms with Crippen molar-refractivity contribution in [2.75, 3.05) is 0 Å². The molecule has 0 atom stereocenters. The van der Waals surface area contributed by atoms with E-state index < -0.39 is 0 Å². The minimum Gasteiger partial charge on any atom is -0.309 e. The van der Waals surface area contributed by atoms with Crippen molar-refractivity contribution in [2.24, 2.45) is 0 Å². The number of benzene rings is 7. The molecule has 0 saturated carbocycles. The van der Waals surface area contributed by atoms with Gasteiger partial charge < -0.3 is 9.13 Å². The zero-order chi connectivity index (χ0) is 37.9. The summed E-state index contributed by atoms with van der Waals surface area (Å²) >= 11 is 3.91. The first-order chi connectivity index (χ1) is 28.7. The lowest BCUT2D eigenvalue weighted by molar-refractivity contribution is 1.02. The van der Waals surface area contributed by atoms with Gasteiger partial charge in [-0.3, -0.25) is 0 Å². The first kappa shape index (κ1) is 32.6. The van der Waals surface area contributed by atoms with Gasteiger partial charge in [-0.2, -0.15) is 0 Å². The Morgan fingerprint density at radius 3 is 1.29 bits per heavy atom. The van der Waals surface area contributed by atoms with E-state index in [9.17, 15) is 0 Å². The fraction of sp³-hybridized carbons (Fsp3) is 0.0741. The Hall–Kier alpha value is -6.46. The zero-order valence-electron chi connectivity index (χ0n) is 31.7. The molecule has 0 fully saturated rings. The Kier molecular flexibility index (Phi) is 7.04. The molecule has 2 aliphatic rings. The van der Waals surface area contributed by atoms with E-state index in [4.69, 9.17) is 0 Å². The van der Waals surface area contributed by atoms with Crippen LogP contribution in [-0.2, 0) is 12.8 Å². The summed E-state index contributed by atoms with van der Waals surface area (Å²) in [5.74, 6) is 0. The largest absolute Gasteiger partial charge is 0.309 e. The van der Waals surface area contributed by atoms with Crippen molar-refractivity contribution in [1.29, 1.82) is 0 Å². The van der Waals surface area contributed by atoms with Gasteiger partial charge in [-0.25, -0.2) is 0 Å². The topological polar surface area (TPSA) is 9.86 Å². The van der Waals surface area contributed by atoms with E-state index in [1.807, 2.05) is 22.7 Å². The third-order valence-electron chi connectivity index (χ3n) is 12.6. The first-order valence-corrected chi connectivity index (χ1v) is 22.0. The molecule has 0 N–H and O–H groups in total. The minimum absolute atomic E-state index is 1.14. The predicted octanol–water partition coefficient (Wildman–Crippen LogP) is 15.6. The molecule has 4 aromatic heterocycles. The van der Waals surface area contributed by atoms with Gasteiger partial charge in [-0.05, 0) is 138 Å². The fourth-order valence-electron chi connectivity index (χ4n) is 9.89. The van der Waals surface area contributed by atoms with E-state index in [2.05, 4.69) is 179 Å². The van der Waals surface area contributed by atoms with Crippen molar-refractivity contribution in [3.8, 4) is 33.6 Å². The number of aryl methyl sites for hydroxylation is 2.